The van der Waals surface area contributed by atoms with E-state index >= 15 is 0 Å². The van der Waals surface area contributed by atoms with Crippen LogP contribution in [0.2, 0.25) is 0 Å². The van der Waals surface area contributed by atoms with Crippen LogP contribution in [0.5, 0.6) is 0 Å². The van der Waals surface area contributed by atoms with Gasteiger partial charge in [-0.2, -0.15) is 5.10 Å². The second-order valence-electron chi connectivity index (χ2n) is 5.26. The van der Waals surface area contributed by atoms with Gasteiger partial charge >= 0.3 is 0 Å². The van der Waals surface area contributed by atoms with Crippen LogP contribution >= 0.6 is 0 Å². The Kier molecular flexibility index (Phi) is 4.59. The van der Waals surface area contributed by atoms with E-state index in [1.807, 2.05) is 38.1 Å². The molecule has 0 spiro atoms. The lowest BCUT2D eigenvalue weighted by molar-refractivity contribution is 0.0938. The molecule has 6 heteroatoms. The first-order chi connectivity index (χ1) is 9.97. The molecule has 0 fully saturated rings. The van der Waals surface area contributed by atoms with Gasteiger partial charge in [0.25, 0.3) is 5.91 Å². The number of carbonyl (C=O) groups is 1. The summed E-state index contributed by atoms with van der Waals surface area (Å²) in [6, 6.07) is 9.29. The standard InChI is InChI=1S/C15H21N5O/c1-11(19(2)3)10-17-15(21)14-8-9-20(18-14)13-6-4-12(16)5-7-13/h4-9,11H,10,16H2,1-3H3,(H,17,21). The zero-order valence-electron chi connectivity index (χ0n) is 12.6. The molecule has 0 aliphatic heterocycles. The van der Waals surface area contributed by atoms with Gasteiger partial charge in [-0.15, -0.1) is 0 Å². The Bertz CT molecular complexity index is 603. The van der Waals surface area contributed by atoms with Crippen molar-refractivity contribution in [2.45, 2.75) is 13.0 Å². The van der Waals surface area contributed by atoms with E-state index in [1.54, 1.807) is 29.1 Å². The van der Waals surface area contributed by atoms with Gasteiger partial charge in [0.1, 0.15) is 0 Å². The summed E-state index contributed by atoms with van der Waals surface area (Å²) in [6.07, 6.45) is 1.76. The molecular formula is C15H21N5O. The highest BCUT2D eigenvalue weighted by Gasteiger charge is 2.12. The molecular weight excluding hydrogens is 266 g/mol. The van der Waals surface area contributed by atoms with Crippen LogP contribution in [0.1, 0.15) is 17.4 Å². The number of amides is 1. The fraction of sp³-hybridized carbons (Fsp3) is 0.333. The van der Waals surface area contributed by atoms with E-state index < -0.39 is 0 Å². The fourth-order valence-corrected chi connectivity index (χ4v) is 1.73. The molecule has 1 amide bonds. The van der Waals surface area contributed by atoms with E-state index in [4.69, 9.17) is 5.73 Å². The maximum Gasteiger partial charge on any atom is 0.271 e. The Morgan fingerprint density at radius 3 is 2.62 bits per heavy atom. The predicted molar refractivity (Wildman–Crippen MR) is 83.5 cm³/mol. The highest BCUT2D eigenvalue weighted by atomic mass is 16.1. The molecule has 0 radical (unpaired) electrons. The minimum absolute atomic E-state index is 0.169. The summed E-state index contributed by atoms with van der Waals surface area (Å²) in [4.78, 5) is 14.1. The highest BCUT2D eigenvalue weighted by Crippen LogP contribution is 2.10. The van der Waals surface area contributed by atoms with Crippen LogP contribution in [0.4, 0.5) is 5.69 Å². The molecule has 112 valence electrons. The number of carbonyl (C=O) groups excluding carboxylic acids is 1. The van der Waals surface area contributed by atoms with Gasteiger partial charge in [0, 0.05) is 24.5 Å². The number of nitrogen functional groups attached to an aromatic ring is 1. The van der Waals surface area contributed by atoms with Gasteiger partial charge in [0.2, 0.25) is 0 Å². The van der Waals surface area contributed by atoms with Crippen molar-refractivity contribution in [3.63, 3.8) is 0 Å². The van der Waals surface area contributed by atoms with Crippen molar-refractivity contribution < 1.29 is 4.79 Å². The van der Waals surface area contributed by atoms with Crippen LogP contribution in [-0.2, 0) is 0 Å². The Balaban J connectivity index is 2.02. The Morgan fingerprint density at radius 2 is 2.00 bits per heavy atom. The summed E-state index contributed by atoms with van der Waals surface area (Å²) in [6.45, 7) is 2.63. The van der Waals surface area contributed by atoms with E-state index in [-0.39, 0.29) is 11.9 Å². The Labute approximate surface area is 124 Å². The van der Waals surface area contributed by atoms with Gasteiger partial charge in [0.15, 0.2) is 5.69 Å². The van der Waals surface area contributed by atoms with Crippen molar-refractivity contribution in [2.24, 2.45) is 0 Å². The van der Waals surface area contributed by atoms with E-state index in [0.29, 0.717) is 17.9 Å². The number of hydrogen-bond acceptors (Lipinski definition) is 4. The summed E-state index contributed by atoms with van der Waals surface area (Å²) in [5.41, 5.74) is 7.61. The minimum Gasteiger partial charge on any atom is -0.399 e. The van der Waals surface area contributed by atoms with Crippen LogP contribution in [-0.4, -0.2) is 47.3 Å². The molecule has 6 nitrogen and oxygen atoms in total. The van der Waals surface area contributed by atoms with E-state index in [0.717, 1.165) is 5.69 Å². The smallest absolute Gasteiger partial charge is 0.271 e. The second-order valence-corrected chi connectivity index (χ2v) is 5.26. The molecule has 0 bridgehead atoms. The number of anilines is 1. The van der Waals surface area contributed by atoms with Crippen molar-refractivity contribution in [1.82, 2.24) is 20.0 Å². The monoisotopic (exact) mass is 287 g/mol. The number of hydrogen-bond donors (Lipinski definition) is 2. The van der Waals surface area contributed by atoms with Crippen LogP contribution in [0.15, 0.2) is 36.5 Å². The lowest BCUT2D eigenvalue weighted by Gasteiger charge is -2.19. The van der Waals surface area contributed by atoms with Crippen LogP contribution in [0.25, 0.3) is 5.69 Å². The molecule has 1 unspecified atom stereocenters. The van der Waals surface area contributed by atoms with Crippen molar-refractivity contribution >= 4 is 11.6 Å². The van der Waals surface area contributed by atoms with Gasteiger partial charge in [-0.1, -0.05) is 0 Å². The third-order valence-electron chi connectivity index (χ3n) is 3.42. The van der Waals surface area contributed by atoms with E-state index in [1.165, 1.54) is 0 Å². The zero-order chi connectivity index (χ0) is 15.4. The van der Waals surface area contributed by atoms with Crippen molar-refractivity contribution in [2.75, 3.05) is 26.4 Å². The molecule has 1 atom stereocenters. The lowest BCUT2D eigenvalue weighted by Crippen LogP contribution is -2.38. The predicted octanol–water partition coefficient (Wildman–Crippen LogP) is 1.13. The van der Waals surface area contributed by atoms with Crippen LogP contribution in [0, 0.1) is 0 Å². The van der Waals surface area contributed by atoms with Crippen LogP contribution < -0.4 is 11.1 Å². The lowest BCUT2D eigenvalue weighted by atomic mass is 10.3. The van der Waals surface area contributed by atoms with E-state index in [2.05, 4.69) is 10.4 Å². The number of aromatic nitrogens is 2. The molecule has 21 heavy (non-hydrogen) atoms. The first-order valence-electron chi connectivity index (χ1n) is 6.83. The molecule has 0 saturated carbocycles. The third-order valence-corrected chi connectivity index (χ3v) is 3.42. The number of nitrogens with two attached hydrogens (primary N) is 1. The number of likely N-dealkylation sites (N-methyl/N-ethyl adjacent to an activating group) is 1. The summed E-state index contributed by atoms with van der Waals surface area (Å²) in [5, 5.41) is 7.16. The molecule has 2 rings (SSSR count). The SMILES string of the molecule is CC(CNC(=O)c1ccn(-c2ccc(N)cc2)n1)N(C)C. The molecule has 1 aromatic heterocycles. The van der Waals surface area contributed by atoms with Gasteiger partial charge in [0.05, 0.1) is 5.69 Å². The molecule has 0 aliphatic carbocycles. The van der Waals surface area contributed by atoms with Crippen molar-refractivity contribution in [1.29, 1.82) is 0 Å². The summed E-state index contributed by atoms with van der Waals surface area (Å²) < 4.78 is 1.66. The number of nitrogens with one attached hydrogen (secondary N) is 1. The second kappa shape index (κ2) is 6.41. The van der Waals surface area contributed by atoms with Crippen LogP contribution in [0.3, 0.4) is 0 Å². The van der Waals surface area contributed by atoms with Crippen molar-refractivity contribution in [3.8, 4) is 5.69 Å². The zero-order valence-corrected chi connectivity index (χ0v) is 12.6. The Hall–Kier alpha value is -2.34. The minimum atomic E-state index is -0.169. The molecule has 1 heterocycles. The molecule has 3 N–H and O–H groups in total. The average molecular weight is 287 g/mol. The van der Waals surface area contributed by atoms with E-state index in [9.17, 15) is 4.79 Å². The summed E-state index contributed by atoms with van der Waals surface area (Å²) in [5.74, 6) is -0.169. The normalized spacial score (nSPS) is 12.4. The quantitative estimate of drug-likeness (QED) is 0.808. The highest BCUT2D eigenvalue weighted by molar-refractivity contribution is 5.92. The number of rotatable bonds is 5. The van der Waals surface area contributed by atoms with Crippen molar-refractivity contribution in [3.05, 3.63) is 42.2 Å². The summed E-state index contributed by atoms with van der Waals surface area (Å²) >= 11 is 0. The third kappa shape index (κ3) is 3.82. The topological polar surface area (TPSA) is 76.2 Å². The van der Waals surface area contributed by atoms with Gasteiger partial charge in [-0.05, 0) is 51.4 Å². The molecule has 0 aliphatic rings. The largest absolute Gasteiger partial charge is 0.399 e. The fourth-order valence-electron chi connectivity index (χ4n) is 1.73. The molecule has 1 aromatic carbocycles. The maximum absolute atomic E-state index is 12.0. The first-order valence-corrected chi connectivity index (χ1v) is 6.83. The van der Waals surface area contributed by atoms with Gasteiger partial charge < -0.3 is 16.0 Å². The summed E-state index contributed by atoms with van der Waals surface area (Å²) in [7, 11) is 3.96. The van der Waals surface area contributed by atoms with Gasteiger partial charge in [-0.3, -0.25) is 4.79 Å². The molecule has 2 aromatic rings. The van der Waals surface area contributed by atoms with Gasteiger partial charge in [-0.25, -0.2) is 4.68 Å². The number of benzene rings is 1. The first kappa shape index (κ1) is 15.1. The molecule has 0 saturated heterocycles. The Morgan fingerprint density at radius 1 is 1.33 bits per heavy atom. The number of nitrogens with zero attached hydrogens (tertiary/aromatic N) is 3. The average Bonchev–Trinajstić information content (AvgIpc) is 2.94. The maximum atomic E-state index is 12.0.